The van der Waals surface area contributed by atoms with Crippen LogP contribution in [-0.2, 0) is 16.0 Å². The molecule has 0 spiro atoms. The SMILES string of the molecule is COc1ccc(-c2ccc3c(c2)CCC3=O)c(OCC(C)(C)C(=O)OCC(C)C)c1OC. The molecule has 2 aromatic rings. The van der Waals surface area contributed by atoms with Crippen LogP contribution in [0.3, 0.4) is 0 Å². The van der Waals surface area contributed by atoms with Gasteiger partial charge in [-0.3, -0.25) is 9.59 Å². The number of Topliss-reactive ketones (excluding diaryl/α,β-unsaturated/α-hetero) is 1. The van der Waals surface area contributed by atoms with Crippen LogP contribution >= 0.6 is 0 Å². The summed E-state index contributed by atoms with van der Waals surface area (Å²) in [5, 5.41) is 0. The van der Waals surface area contributed by atoms with Gasteiger partial charge in [-0.15, -0.1) is 0 Å². The molecular formula is C26H32O6. The maximum atomic E-state index is 12.6. The number of aryl methyl sites for hydroxylation is 1. The molecule has 1 aliphatic carbocycles. The number of fused-ring (bicyclic) bond motifs is 1. The molecule has 0 amide bonds. The normalized spacial score (nSPS) is 13.2. The fourth-order valence-corrected chi connectivity index (χ4v) is 3.64. The fourth-order valence-electron chi connectivity index (χ4n) is 3.64. The Morgan fingerprint density at radius 2 is 1.72 bits per heavy atom. The van der Waals surface area contributed by atoms with Gasteiger partial charge >= 0.3 is 5.97 Å². The van der Waals surface area contributed by atoms with E-state index in [1.807, 2.05) is 44.2 Å². The molecule has 1 aliphatic rings. The Morgan fingerprint density at radius 1 is 1.00 bits per heavy atom. The van der Waals surface area contributed by atoms with E-state index in [4.69, 9.17) is 18.9 Å². The lowest BCUT2D eigenvalue weighted by Gasteiger charge is -2.25. The number of hydrogen-bond acceptors (Lipinski definition) is 6. The third-order valence-corrected chi connectivity index (χ3v) is 5.52. The number of ether oxygens (including phenoxy) is 4. The number of benzene rings is 2. The van der Waals surface area contributed by atoms with Crippen LogP contribution in [0.2, 0.25) is 0 Å². The molecule has 6 nitrogen and oxygen atoms in total. The maximum Gasteiger partial charge on any atom is 0.314 e. The molecule has 0 heterocycles. The Hall–Kier alpha value is -3.02. The minimum Gasteiger partial charge on any atom is -0.493 e. The molecule has 32 heavy (non-hydrogen) atoms. The Bertz CT molecular complexity index is 1010. The lowest BCUT2D eigenvalue weighted by Crippen LogP contribution is -2.33. The van der Waals surface area contributed by atoms with Gasteiger partial charge in [0, 0.05) is 17.5 Å². The van der Waals surface area contributed by atoms with Gasteiger partial charge in [0.05, 0.1) is 26.2 Å². The molecule has 0 aromatic heterocycles. The summed E-state index contributed by atoms with van der Waals surface area (Å²) in [6.07, 6.45) is 1.28. The van der Waals surface area contributed by atoms with Crippen molar-refractivity contribution in [2.45, 2.75) is 40.5 Å². The van der Waals surface area contributed by atoms with Crippen molar-refractivity contribution in [2.24, 2.45) is 11.3 Å². The molecule has 0 aliphatic heterocycles. The second-order valence-corrected chi connectivity index (χ2v) is 9.14. The number of methoxy groups -OCH3 is 2. The van der Waals surface area contributed by atoms with E-state index in [0.717, 1.165) is 28.7 Å². The Balaban J connectivity index is 1.95. The van der Waals surface area contributed by atoms with Crippen LogP contribution in [0.4, 0.5) is 0 Å². The molecule has 0 fully saturated rings. The summed E-state index contributed by atoms with van der Waals surface area (Å²) in [6, 6.07) is 9.53. The summed E-state index contributed by atoms with van der Waals surface area (Å²) >= 11 is 0. The van der Waals surface area contributed by atoms with Gasteiger partial charge in [0.2, 0.25) is 5.75 Å². The van der Waals surface area contributed by atoms with E-state index in [-0.39, 0.29) is 24.3 Å². The van der Waals surface area contributed by atoms with E-state index in [2.05, 4.69) is 0 Å². The van der Waals surface area contributed by atoms with E-state index in [1.165, 1.54) is 0 Å². The zero-order valence-electron chi connectivity index (χ0n) is 19.7. The van der Waals surface area contributed by atoms with Crippen LogP contribution in [-0.4, -0.2) is 39.2 Å². The van der Waals surface area contributed by atoms with Crippen LogP contribution in [0.25, 0.3) is 11.1 Å². The fraction of sp³-hybridized carbons (Fsp3) is 0.462. The topological polar surface area (TPSA) is 71.1 Å². The Labute approximate surface area is 189 Å². The first kappa shape index (κ1) is 23.6. The highest BCUT2D eigenvalue weighted by molar-refractivity contribution is 6.01. The minimum absolute atomic E-state index is 0.101. The highest BCUT2D eigenvalue weighted by Gasteiger charge is 2.32. The van der Waals surface area contributed by atoms with Gasteiger partial charge in [-0.05, 0) is 49.4 Å². The van der Waals surface area contributed by atoms with Gasteiger partial charge in [0.25, 0.3) is 0 Å². The number of hydrogen-bond donors (Lipinski definition) is 0. The predicted molar refractivity (Wildman–Crippen MR) is 123 cm³/mol. The van der Waals surface area contributed by atoms with Gasteiger partial charge in [-0.1, -0.05) is 32.0 Å². The standard InChI is InChI=1S/C26H32O6/c1-16(2)14-31-25(28)26(3,4)15-32-23-20(10-12-22(29-5)24(23)30-6)18-7-9-19-17(13-18)8-11-21(19)27/h7,9-10,12-13,16H,8,11,14-15H2,1-6H3. The van der Waals surface area contributed by atoms with Gasteiger partial charge in [-0.25, -0.2) is 0 Å². The van der Waals surface area contributed by atoms with E-state index in [1.54, 1.807) is 28.1 Å². The summed E-state index contributed by atoms with van der Waals surface area (Å²) in [7, 11) is 3.12. The minimum atomic E-state index is -0.857. The average Bonchev–Trinajstić information content (AvgIpc) is 3.15. The van der Waals surface area contributed by atoms with Crippen LogP contribution in [0, 0.1) is 11.3 Å². The van der Waals surface area contributed by atoms with Gasteiger partial charge in [0.1, 0.15) is 6.61 Å². The zero-order chi connectivity index (χ0) is 23.5. The van der Waals surface area contributed by atoms with Crippen LogP contribution in [0.1, 0.15) is 50.0 Å². The molecule has 2 aromatic carbocycles. The van der Waals surface area contributed by atoms with Crippen molar-refractivity contribution < 1.29 is 28.5 Å². The van der Waals surface area contributed by atoms with Gasteiger partial charge in [0.15, 0.2) is 17.3 Å². The highest BCUT2D eigenvalue weighted by atomic mass is 16.5. The number of rotatable bonds is 9. The molecule has 0 radical (unpaired) electrons. The zero-order valence-corrected chi connectivity index (χ0v) is 19.7. The maximum absolute atomic E-state index is 12.6. The number of ketones is 1. The molecule has 172 valence electrons. The third kappa shape index (κ3) is 4.90. The van der Waals surface area contributed by atoms with E-state index < -0.39 is 5.41 Å². The van der Waals surface area contributed by atoms with E-state index in [9.17, 15) is 9.59 Å². The number of carbonyl (C=O) groups excluding carboxylic acids is 2. The Morgan fingerprint density at radius 3 is 2.38 bits per heavy atom. The second kappa shape index (κ2) is 9.63. The van der Waals surface area contributed by atoms with Crippen molar-refractivity contribution in [3.8, 4) is 28.4 Å². The molecule has 0 unspecified atom stereocenters. The quantitative estimate of drug-likeness (QED) is 0.505. The lowest BCUT2D eigenvalue weighted by molar-refractivity contribution is -0.156. The summed E-state index contributed by atoms with van der Waals surface area (Å²) < 4.78 is 22.7. The number of esters is 1. The largest absolute Gasteiger partial charge is 0.493 e. The summed E-state index contributed by atoms with van der Waals surface area (Å²) in [4.78, 5) is 24.6. The first-order valence-electron chi connectivity index (χ1n) is 10.9. The van der Waals surface area contributed by atoms with Crippen molar-refractivity contribution in [1.82, 2.24) is 0 Å². The van der Waals surface area contributed by atoms with Gasteiger partial charge in [-0.2, -0.15) is 0 Å². The van der Waals surface area contributed by atoms with E-state index in [0.29, 0.717) is 30.3 Å². The molecule has 0 bridgehead atoms. The molecule has 3 rings (SSSR count). The molecule has 0 N–H and O–H groups in total. The van der Waals surface area contributed by atoms with Crippen molar-refractivity contribution in [1.29, 1.82) is 0 Å². The first-order valence-corrected chi connectivity index (χ1v) is 10.9. The van der Waals surface area contributed by atoms with Crippen LogP contribution in [0.15, 0.2) is 30.3 Å². The van der Waals surface area contributed by atoms with E-state index >= 15 is 0 Å². The molecule has 0 saturated carbocycles. The summed E-state index contributed by atoms with van der Waals surface area (Å²) in [6.45, 7) is 8.04. The molecular weight excluding hydrogens is 408 g/mol. The van der Waals surface area contributed by atoms with Crippen molar-refractivity contribution in [3.05, 3.63) is 41.5 Å². The number of carbonyl (C=O) groups is 2. The highest BCUT2D eigenvalue weighted by Crippen LogP contribution is 2.45. The van der Waals surface area contributed by atoms with Crippen molar-refractivity contribution in [2.75, 3.05) is 27.4 Å². The molecule has 0 atom stereocenters. The summed E-state index contributed by atoms with van der Waals surface area (Å²) in [5.41, 5.74) is 2.67. The monoisotopic (exact) mass is 440 g/mol. The first-order chi connectivity index (χ1) is 15.2. The molecule has 6 heteroatoms. The Kier molecular flexibility index (Phi) is 7.12. The predicted octanol–water partition coefficient (Wildman–Crippen LogP) is 5.10. The smallest absolute Gasteiger partial charge is 0.314 e. The average molecular weight is 441 g/mol. The lowest BCUT2D eigenvalue weighted by atomic mass is 9.94. The molecule has 0 saturated heterocycles. The third-order valence-electron chi connectivity index (χ3n) is 5.52. The van der Waals surface area contributed by atoms with Crippen LogP contribution in [0.5, 0.6) is 17.2 Å². The van der Waals surface area contributed by atoms with Crippen molar-refractivity contribution in [3.63, 3.8) is 0 Å². The van der Waals surface area contributed by atoms with Crippen molar-refractivity contribution >= 4 is 11.8 Å². The van der Waals surface area contributed by atoms with Crippen LogP contribution < -0.4 is 14.2 Å². The second-order valence-electron chi connectivity index (χ2n) is 9.14. The van der Waals surface area contributed by atoms with Gasteiger partial charge < -0.3 is 18.9 Å². The summed E-state index contributed by atoms with van der Waals surface area (Å²) in [5.74, 6) is 1.59.